The number of benzene rings is 1. The van der Waals surface area contributed by atoms with Gasteiger partial charge in [-0.2, -0.15) is 5.10 Å². The molecule has 0 bridgehead atoms. The SMILES string of the molecule is Cc1nn(C)c2cc(NC(=O)NC3[C@H]4CNC[C@@H]34)ccc12. The van der Waals surface area contributed by atoms with E-state index in [0.29, 0.717) is 17.9 Å². The maximum Gasteiger partial charge on any atom is 0.319 e. The van der Waals surface area contributed by atoms with Gasteiger partial charge in [0.1, 0.15) is 0 Å². The van der Waals surface area contributed by atoms with Gasteiger partial charge >= 0.3 is 6.03 Å². The molecule has 2 fully saturated rings. The van der Waals surface area contributed by atoms with Crippen molar-refractivity contribution in [3.63, 3.8) is 0 Å². The highest BCUT2D eigenvalue weighted by atomic mass is 16.2. The minimum atomic E-state index is -0.118. The van der Waals surface area contributed by atoms with Gasteiger partial charge in [0, 0.05) is 37.3 Å². The van der Waals surface area contributed by atoms with E-state index in [2.05, 4.69) is 21.0 Å². The number of hydrogen-bond acceptors (Lipinski definition) is 3. The fourth-order valence-corrected chi connectivity index (χ4v) is 3.47. The standard InChI is InChI=1S/C15H19N5O/c1-8-10-4-3-9(5-13(10)20(2)19-8)17-15(21)18-14-11-6-16-7-12(11)14/h3-5,11-12,14,16H,6-7H2,1-2H3,(H2,17,18,21)/t11-,12+,14?. The molecule has 1 aromatic heterocycles. The highest BCUT2D eigenvalue weighted by Gasteiger charge is 2.53. The molecule has 1 saturated heterocycles. The minimum Gasteiger partial charge on any atom is -0.334 e. The molecule has 3 atom stereocenters. The van der Waals surface area contributed by atoms with Crippen LogP contribution in [0.25, 0.3) is 10.9 Å². The minimum absolute atomic E-state index is 0.118. The number of amides is 2. The van der Waals surface area contributed by atoms with Crippen LogP contribution in [0.5, 0.6) is 0 Å². The van der Waals surface area contributed by atoms with Crippen molar-refractivity contribution >= 4 is 22.6 Å². The first kappa shape index (κ1) is 12.6. The summed E-state index contributed by atoms with van der Waals surface area (Å²) in [5, 5.41) is 14.8. The summed E-state index contributed by atoms with van der Waals surface area (Å²) < 4.78 is 1.84. The number of aryl methyl sites for hydroxylation is 2. The van der Waals surface area contributed by atoms with Crippen LogP contribution in [-0.4, -0.2) is 34.9 Å². The molecule has 21 heavy (non-hydrogen) atoms. The second-order valence-electron chi connectivity index (χ2n) is 6.05. The Morgan fingerprint density at radius 3 is 2.90 bits per heavy atom. The third-order valence-electron chi connectivity index (χ3n) is 4.68. The van der Waals surface area contributed by atoms with Crippen LogP contribution in [0, 0.1) is 18.8 Å². The number of hydrogen-bond donors (Lipinski definition) is 3. The van der Waals surface area contributed by atoms with Gasteiger partial charge in [-0.3, -0.25) is 4.68 Å². The van der Waals surface area contributed by atoms with Crippen LogP contribution >= 0.6 is 0 Å². The van der Waals surface area contributed by atoms with Gasteiger partial charge in [0.25, 0.3) is 0 Å². The maximum absolute atomic E-state index is 12.1. The molecular weight excluding hydrogens is 266 g/mol. The zero-order valence-electron chi connectivity index (χ0n) is 12.2. The van der Waals surface area contributed by atoms with Crippen LogP contribution in [0.2, 0.25) is 0 Å². The van der Waals surface area contributed by atoms with E-state index in [-0.39, 0.29) is 6.03 Å². The number of urea groups is 1. The van der Waals surface area contributed by atoms with Gasteiger partial charge in [0.05, 0.1) is 11.2 Å². The number of fused-ring (bicyclic) bond motifs is 2. The van der Waals surface area contributed by atoms with Gasteiger partial charge in [-0.25, -0.2) is 4.79 Å². The van der Waals surface area contributed by atoms with Crippen molar-refractivity contribution in [3.8, 4) is 0 Å². The van der Waals surface area contributed by atoms with Crippen LogP contribution in [0.3, 0.4) is 0 Å². The number of anilines is 1. The van der Waals surface area contributed by atoms with Crippen molar-refractivity contribution in [3.05, 3.63) is 23.9 Å². The molecule has 110 valence electrons. The summed E-state index contributed by atoms with van der Waals surface area (Å²) in [7, 11) is 1.91. The molecule has 2 aromatic rings. The molecule has 0 spiro atoms. The molecule has 6 heteroatoms. The van der Waals surface area contributed by atoms with E-state index in [9.17, 15) is 4.79 Å². The third kappa shape index (κ3) is 2.06. The van der Waals surface area contributed by atoms with Crippen LogP contribution in [0.4, 0.5) is 10.5 Å². The normalized spacial score (nSPS) is 26.7. The fraction of sp³-hybridized carbons (Fsp3) is 0.467. The molecule has 2 aliphatic rings. The Hall–Kier alpha value is -2.08. The Balaban J connectivity index is 1.46. The van der Waals surface area contributed by atoms with Crippen molar-refractivity contribution in [1.82, 2.24) is 20.4 Å². The van der Waals surface area contributed by atoms with Gasteiger partial charge in [0.2, 0.25) is 0 Å². The molecule has 1 aliphatic heterocycles. The number of piperidine rings is 1. The lowest BCUT2D eigenvalue weighted by Gasteiger charge is -2.09. The molecule has 1 aromatic carbocycles. The lowest BCUT2D eigenvalue weighted by Crippen LogP contribution is -2.35. The Morgan fingerprint density at radius 1 is 1.38 bits per heavy atom. The fourth-order valence-electron chi connectivity index (χ4n) is 3.47. The molecule has 3 N–H and O–H groups in total. The summed E-state index contributed by atoms with van der Waals surface area (Å²) in [4.78, 5) is 12.1. The summed E-state index contributed by atoms with van der Waals surface area (Å²) in [5.41, 5.74) is 2.83. The van der Waals surface area contributed by atoms with Gasteiger partial charge in [0.15, 0.2) is 0 Å². The van der Waals surface area contributed by atoms with Gasteiger partial charge in [-0.1, -0.05) is 0 Å². The highest BCUT2D eigenvalue weighted by molar-refractivity contribution is 5.93. The van der Waals surface area contributed by atoms with Crippen LogP contribution in [-0.2, 0) is 7.05 Å². The average molecular weight is 285 g/mol. The topological polar surface area (TPSA) is 71.0 Å². The van der Waals surface area contributed by atoms with Crippen molar-refractivity contribution in [1.29, 1.82) is 0 Å². The van der Waals surface area contributed by atoms with E-state index in [1.807, 2.05) is 36.9 Å². The molecule has 6 nitrogen and oxygen atoms in total. The van der Waals surface area contributed by atoms with Crippen molar-refractivity contribution in [2.45, 2.75) is 13.0 Å². The zero-order valence-corrected chi connectivity index (χ0v) is 12.2. The smallest absolute Gasteiger partial charge is 0.319 e. The largest absolute Gasteiger partial charge is 0.334 e. The van der Waals surface area contributed by atoms with E-state index in [1.54, 1.807) is 0 Å². The number of carbonyl (C=O) groups is 1. The van der Waals surface area contributed by atoms with E-state index in [1.165, 1.54) is 0 Å². The van der Waals surface area contributed by atoms with Crippen molar-refractivity contribution in [2.75, 3.05) is 18.4 Å². The zero-order chi connectivity index (χ0) is 14.6. The maximum atomic E-state index is 12.1. The lowest BCUT2D eigenvalue weighted by atomic mass is 10.2. The van der Waals surface area contributed by atoms with E-state index >= 15 is 0 Å². The number of carbonyl (C=O) groups excluding carboxylic acids is 1. The monoisotopic (exact) mass is 285 g/mol. The van der Waals surface area contributed by atoms with E-state index in [4.69, 9.17) is 0 Å². The molecule has 1 unspecified atom stereocenters. The Labute approximate surface area is 122 Å². The first-order valence-electron chi connectivity index (χ1n) is 7.35. The second kappa shape index (κ2) is 4.46. The summed E-state index contributed by atoms with van der Waals surface area (Å²) in [5.74, 6) is 1.25. The van der Waals surface area contributed by atoms with Crippen LogP contribution in [0.1, 0.15) is 5.69 Å². The van der Waals surface area contributed by atoms with Gasteiger partial charge < -0.3 is 16.0 Å². The predicted octanol–water partition coefficient (Wildman–Crippen LogP) is 1.22. The molecule has 1 aliphatic carbocycles. The third-order valence-corrected chi connectivity index (χ3v) is 4.68. The highest BCUT2D eigenvalue weighted by Crippen LogP contribution is 2.41. The summed E-state index contributed by atoms with van der Waals surface area (Å²) in [6.45, 7) is 4.04. The summed E-state index contributed by atoms with van der Waals surface area (Å²) in [6, 6.07) is 6.11. The lowest BCUT2D eigenvalue weighted by molar-refractivity contribution is 0.250. The first-order valence-corrected chi connectivity index (χ1v) is 7.35. The first-order chi connectivity index (χ1) is 10.1. The second-order valence-corrected chi connectivity index (χ2v) is 6.05. The van der Waals surface area contributed by atoms with Crippen molar-refractivity contribution < 1.29 is 4.79 Å². The van der Waals surface area contributed by atoms with Crippen LogP contribution < -0.4 is 16.0 Å². The van der Waals surface area contributed by atoms with Crippen LogP contribution in [0.15, 0.2) is 18.2 Å². The Kier molecular flexibility index (Phi) is 2.68. The predicted molar refractivity (Wildman–Crippen MR) is 81.2 cm³/mol. The van der Waals surface area contributed by atoms with E-state index < -0.39 is 0 Å². The molecular formula is C15H19N5O. The molecule has 2 amide bonds. The number of nitrogens with zero attached hydrogens (tertiary/aromatic N) is 2. The number of rotatable bonds is 2. The molecule has 2 heterocycles. The molecule has 4 rings (SSSR count). The Morgan fingerprint density at radius 2 is 2.14 bits per heavy atom. The average Bonchev–Trinajstić information content (AvgIpc) is 2.82. The summed E-state index contributed by atoms with van der Waals surface area (Å²) >= 11 is 0. The van der Waals surface area contributed by atoms with Crippen molar-refractivity contribution in [2.24, 2.45) is 18.9 Å². The summed E-state index contributed by atoms with van der Waals surface area (Å²) in [6.07, 6.45) is 0. The van der Waals surface area contributed by atoms with Gasteiger partial charge in [-0.15, -0.1) is 0 Å². The van der Waals surface area contributed by atoms with E-state index in [0.717, 1.165) is 35.4 Å². The van der Waals surface area contributed by atoms with Gasteiger partial charge in [-0.05, 0) is 37.0 Å². The molecule has 1 saturated carbocycles. The Bertz CT molecular complexity index is 712. The number of aromatic nitrogens is 2. The molecule has 0 radical (unpaired) electrons. The number of nitrogens with one attached hydrogen (secondary N) is 3. The quantitative estimate of drug-likeness (QED) is 0.777.